The Morgan fingerprint density at radius 2 is 1.54 bits per heavy atom. The van der Waals surface area contributed by atoms with Crippen molar-refractivity contribution in [2.75, 3.05) is 16.0 Å². The molecule has 0 fully saturated rings. The zero-order valence-corrected chi connectivity index (χ0v) is 19.4. The van der Waals surface area contributed by atoms with Gasteiger partial charge in [-0.05, 0) is 92.1 Å². The Labute approximate surface area is 203 Å². The second-order valence-electron chi connectivity index (χ2n) is 8.67. The van der Waals surface area contributed by atoms with Gasteiger partial charge in [-0.2, -0.15) is 0 Å². The molecular formula is C28H26FN5O. The van der Waals surface area contributed by atoms with Crippen LogP contribution in [-0.2, 0) is 12.8 Å². The first kappa shape index (κ1) is 22.5. The van der Waals surface area contributed by atoms with Crippen molar-refractivity contribution >= 4 is 34.3 Å². The first-order chi connectivity index (χ1) is 17.0. The van der Waals surface area contributed by atoms with E-state index in [1.165, 1.54) is 0 Å². The van der Waals surface area contributed by atoms with Gasteiger partial charge in [-0.25, -0.2) is 4.39 Å². The monoisotopic (exact) mass is 467 g/mol. The lowest BCUT2D eigenvalue weighted by Gasteiger charge is -2.21. The number of aryl methyl sites for hydroxylation is 2. The quantitative estimate of drug-likeness (QED) is 0.308. The number of aromatic nitrogens is 2. The molecule has 176 valence electrons. The van der Waals surface area contributed by atoms with Gasteiger partial charge < -0.3 is 16.0 Å². The van der Waals surface area contributed by atoms with E-state index in [1.807, 2.05) is 61.5 Å². The number of fused-ring (bicyclic) bond motifs is 1. The van der Waals surface area contributed by atoms with Crippen molar-refractivity contribution in [2.45, 2.75) is 32.4 Å². The molecule has 7 heteroatoms. The summed E-state index contributed by atoms with van der Waals surface area (Å²) in [4.78, 5) is 21.3. The van der Waals surface area contributed by atoms with Gasteiger partial charge in [0.05, 0.1) is 0 Å². The molecule has 2 aromatic heterocycles. The number of hydrogen-bond donors (Lipinski definition) is 3. The fraction of sp³-hybridized carbons (Fsp3) is 0.179. The Bertz CT molecular complexity index is 1340. The Morgan fingerprint density at radius 1 is 0.857 bits per heavy atom. The van der Waals surface area contributed by atoms with Crippen molar-refractivity contribution in [3.05, 3.63) is 102 Å². The van der Waals surface area contributed by atoms with E-state index < -0.39 is 6.17 Å². The number of anilines is 5. The highest BCUT2D eigenvalue weighted by Gasteiger charge is 2.21. The van der Waals surface area contributed by atoms with Gasteiger partial charge in [0.1, 0.15) is 6.17 Å². The maximum atomic E-state index is 13.9. The molecule has 1 atom stereocenters. The minimum Gasteiger partial charge on any atom is -0.355 e. The number of nitrogens with one attached hydrogen (secondary N) is 3. The van der Waals surface area contributed by atoms with Crippen LogP contribution in [0.25, 0.3) is 0 Å². The van der Waals surface area contributed by atoms with Crippen LogP contribution in [0.3, 0.4) is 0 Å². The second kappa shape index (κ2) is 9.93. The number of carbonyl (C=O) groups excluding carboxylic acids is 1. The average Bonchev–Trinajstić information content (AvgIpc) is 2.86. The second-order valence-corrected chi connectivity index (χ2v) is 8.67. The van der Waals surface area contributed by atoms with Gasteiger partial charge in [-0.1, -0.05) is 0 Å². The third kappa shape index (κ3) is 5.46. The Morgan fingerprint density at radius 3 is 2.31 bits per heavy atom. The summed E-state index contributed by atoms with van der Waals surface area (Å²) < 4.78 is 13.9. The molecule has 2 heterocycles. The number of amides is 1. The van der Waals surface area contributed by atoms with Gasteiger partial charge in [0.2, 0.25) is 0 Å². The third-order valence-corrected chi connectivity index (χ3v) is 6.02. The lowest BCUT2D eigenvalue weighted by Crippen LogP contribution is -2.17. The lowest BCUT2D eigenvalue weighted by atomic mass is 9.93. The standard InChI is InChI=1S/C28H26FN5O/c1-18-16-24(12-14-30-18)32-21-7-9-23(10-8-21)34-28(35)19-2-5-22(6-3-19)33-27-13-15-31-26-11-4-20(29)17-25(26)27/h2-3,5-10,12-16,20H,4,11,17H2,1H3,(H,30,32)(H,31,33)(H,34,35). The first-order valence-electron chi connectivity index (χ1n) is 11.6. The Hall–Kier alpha value is -4.26. The summed E-state index contributed by atoms with van der Waals surface area (Å²) in [6.07, 6.45) is 4.24. The summed E-state index contributed by atoms with van der Waals surface area (Å²) in [6.45, 7) is 1.94. The fourth-order valence-electron chi connectivity index (χ4n) is 4.20. The molecule has 0 aliphatic heterocycles. The van der Waals surface area contributed by atoms with Crippen LogP contribution in [0.2, 0.25) is 0 Å². The normalized spacial score (nSPS) is 14.6. The van der Waals surface area contributed by atoms with Crippen LogP contribution in [0, 0.1) is 6.92 Å². The molecule has 4 aromatic rings. The van der Waals surface area contributed by atoms with Crippen LogP contribution in [-0.4, -0.2) is 22.0 Å². The molecule has 5 rings (SSSR count). The number of benzene rings is 2. The maximum Gasteiger partial charge on any atom is 0.255 e. The van der Waals surface area contributed by atoms with E-state index in [4.69, 9.17) is 0 Å². The summed E-state index contributed by atoms with van der Waals surface area (Å²) in [5, 5.41) is 9.60. The molecule has 0 saturated heterocycles. The molecule has 1 unspecified atom stereocenters. The lowest BCUT2D eigenvalue weighted by molar-refractivity contribution is 0.102. The SMILES string of the molecule is Cc1cc(Nc2ccc(NC(=O)c3ccc(Nc4ccnc5c4CC(F)CC5)cc3)cc2)ccn1. The van der Waals surface area contributed by atoms with Crippen molar-refractivity contribution in [2.24, 2.45) is 0 Å². The van der Waals surface area contributed by atoms with Crippen molar-refractivity contribution in [1.82, 2.24) is 9.97 Å². The van der Waals surface area contributed by atoms with Crippen LogP contribution in [0.4, 0.5) is 32.8 Å². The van der Waals surface area contributed by atoms with Gasteiger partial charge in [-0.3, -0.25) is 14.8 Å². The van der Waals surface area contributed by atoms with Crippen molar-refractivity contribution in [1.29, 1.82) is 0 Å². The summed E-state index contributed by atoms with van der Waals surface area (Å²) in [5.74, 6) is -0.191. The number of hydrogen-bond acceptors (Lipinski definition) is 5. The summed E-state index contributed by atoms with van der Waals surface area (Å²) in [5.41, 5.74) is 7.66. The van der Waals surface area contributed by atoms with E-state index in [0.717, 1.165) is 39.7 Å². The topological polar surface area (TPSA) is 78.9 Å². The Kier molecular flexibility index (Phi) is 6.39. The third-order valence-electron chi connectivity index (χ3n) is 6.02. The van der Waals surface area contributed by atoms with E-state index >= 15 is 0 Å². The molecule has 0 spiro atoms. The maximum absolute atomic E-state index is 13.9. The molecule has 35 heavy (non-hydrogen) atoms. The van der Waals surface area contributed by atoms with Crippen molar-refractivity contribution in [3.63, 3.8) is 0 Å². The minimum absolute atomic E-state index is 0.191. The number of rotatable bonds is 6. The molecule has 1 amide bonds. The predicted molar refractivity (Wildman–Crippen MR) is 138 cm³/mol. The van der Waals surface area contributed by atoms with Gasteiger partial charge in [-0.15, -0.1) is 0 Å². The van der Waals surface area contributed by atoms with Crippen LogP contribution < -0.4 is 16.0 Å². The molecule has 1 aliphatic carbocycles. The number of carbonyl (C=O) groups is 1. The minimum atomic E-state index is -0.831. The van der Waals surface area contributed by atoms with Gasteiger partial charge in [0, 0.05) is 64.2 Å². The largest absolute Gasteiger partial charge is 0.355 e. The molecule has 0 radical (unpaired) electrons. The van der Waals surface area contributed by atoms with Gasteiger partial charge in [0.25, 0.3) is 5.91 Å². The predicted octanol–water partition coefficient (Wildman–Crippen LogP) is 6.35. The number of halogens is 1. The summed E-state index contributed by atoms with van der Waals surface area (Å²) in [6, 6.07) is 20.5. The zero-order valence-electron chi connectivity index (χ0n) is 19.4. The first-order valence-corrected chi connectivity index (χ1v) is 11.6. The van der Waals surface area contributed by atoms with E-state index in [-0.39, 0.29) is 5.91 Å². The van der Waals surface area contributed by atoms with Crippen molar-refractivity contribution < 1.29 is 9.18 Å². The number of pyridine rings is 2. The Balaban J connectivity index is 1.21. The van der Waals surface area contributed by atoms with Crippen LogP contribution in [0.1, 0.15) is 33.7 Å². The van der Waals surface area contributed by atoms with Crippen LogP contribution in [0.5, 0.6) is 0 Å². The van der Waals surface area contributed by atoms with Crippen molar-refractivity contribution in [3.8, 4) is 0 Å². The van der Waals surface area contributed by atoms with Crippen LogP contribution in [0.15, 0.2) is 79.1 Å². The van der Waals surface area contributed by atoms with E-state index in [9.17, 15) is 9.18 Å². The van der Waals surface area contributed by atoms with Gasteiger partial charge in [0.15, 0.2) is 0 Å². The average molecular weight is 468 g/mol. The smallest absolute Gasteiger partial charge is 0.255 e. The molecule has 6 nitrogen and oxygen atoms in total. The highest BCUT2D eigenvalue weighted by Crippen LogP contribution is 2.30. The van der Waals surface area contributed by atoms with Gasteiger partial charge >= 0.3 is 0 Å². The highest BCUT2D eigenvalue weighted by molar-refractivity contribution is 6.04. The van der Waals surface area contributed by atoms with E-state index in [0.29, 0.717) is 30.5 Å². The van der Waals surface area contributed by atoms with Crippen LogP contribution >= 0.6 is 0 Å². The summed E-state index contributed by atoms with van der Waals surface area (Å²) in [7, 11) is 0. The van der Waals surface area contributed by atoms with E-state index in [2.05, 4.69) is 25.9 Å². The molecule has 3 N–H and O–H groups in total. The highest BCUT2D eigenvalue weighted by atomic mass is 19.1. The molecule has 0 bridgehead atoms. The molecular weight excluding hydrogens is 441 g/mol. The number of alkyl halides is 1. The molecule has 0 saturated carbocycles. The summed E-state index contributed by atoms with van der Waals surface area (Å²) >= 11 is 0. The molecule has 1 aliphatic rings. The molecule has 2 aromatic carbocycles. The zero-order chi connectivity index (χ0) is 24.2. The van der Waals surface area contributed by atoms with E-state index in [1.54, 1.807) is 24.5 Å². The number of nitrogens with zero attached hydrogens (tertiary/aromatic N) is 2. The fourth-order valence-corrected chi connectivity index (χ4v) is 4.20.